The van der Waals surface area contributed by atoms with Crippen LogP contribution >= 0.6 is 0 Å². The van der Waals surface area contributed by atoms with Crippen LogP contribution in [0.1, 0.15) is 40.0 Å². The lowest BCUT2D eigenvalue weighted by Crippen LogP contribution is -2.42. The highest BCUT2D eigenvalue weighted by Gasteiger charge is 2.46. The average Bonchev–Trinajstić information content (AvgIpc) is 2.88. The molecule has 2 rings (SSSR count). The zero-order valence-corrected chi connectivity index (χ0v) is 9.99. The molecule has 1 aliphatic heterocycles. The number of nitrogens with one attached hydrogen (secondary N) is 1. The van der Waals surface area contributed by atoms with Gasteiger partial charge in [0.1, 0.15) is 0 Å². The van der Waals surface area contributed by atoms with Crippen molar-refractivity contribution in [3.8, 4) is 0 Å². The minimum absolute atomic E-state index is 0.0862. The van der Waals surface area contributed by atoms with Crippen molar-refractivity contribution in [1.29, 1.82) is 0 Å². The van der Waals surface area contributed by atoms with Crippen LogP contribution in [-0.2, 0) is 4.79 Å². The summed E-state index contributed by atoms with van der Waals surface area (Å²) < 4.78 is 0. The third-order valence-corrected chi connectivity index (χ3v) is 3.58. The molecule has 3 heteroatoms. The Hall–Kier alpha value is -0.570. The molecule has 1 amide bonds. The Bertz CT molecular complexity index is 252. The van der Waals surface area contributed by atoms with Crippen LogP contribution in [0.2, 0.25) is 0 Å². The molecular formula is C12H22N2O. The lowest BCUT2D eigenvalue weighted by atomic mass is 10.2. The molecule has 1 saturated heterocycles. The molecule has 3 atom stereocenters. The number of nitrogens with zero attached hydrogens (tertiary/aromatic N) is 1. The number of likely N-dealkylation sites (tertiary alicyclic amines) is 1. The second-order valence-corrected chi connectivity index (χ2v) is 5.17. The van der Waals surface area contributed by atoms with Gasteiger partial charge in [-0.3, -0.25) is 4.79 Å². The van der Waals surface area contributed by atoms with E-state index >= 15 is 0 Å². The Labute approximate surface area is 92.2 Å². The average molecular weight is 210 g/mol. The van der Waals surface area contributed by atoms with Gasteiger partial charge < -0.3 is 10.2 Å². The van der Waals surface area contributed by atoms with Crippen molar-refractivity contribution in [1.82, 2.24) is 10.2 Å². The van der Waals surface area contributed by atoms with E-state index in [-0.39, 0.29) is 6.04 Å². The van der Waals surface area contributed by atoms with Gasteiger partial charge in [0.2, 0.25) is 5.91 Å². The molecule has 0 radical (unpaired) electrons. The Morgan fingerprint density at radius 1 is 1.53 bits per heavy atom. The van der Waals surface area contributed by atoms with Crippen molar-refractivity contribution in [3.63, 3.8) is 0 Å². The van der Waals surface area contributed by atoms with Gasteiger partial charge in [-0.15, -0.1) is 0 Å². The molecule has 2 fully saturated rings. The topological polar surface area (TPSA) is 32.3 Å². The third-order valence-electron chi connectivity index (χ3n) is 3.58. The monoisotopic (exact) mass is 210 g/mol. The van der Waals surface area contributed by atoms with Gasteiger partial charge in [-0.05, 0) is 18.8 Å². The van der Waals surface area contributed by atoms with E-state index in [0.717, 1.165) is 18.9 Å². The highest BCUT2D eigenvalue weighted by Crippen LogP contribution is 2.40. The van der Waals surface area contributed by atoms with Gasteiger partial charge in [-0.2, -0.15) is 0 Å². The van der Waals surface area contributed by atoms with Gasteiger partial charge in [-0.25, -0.2) is 0 Å². The van der Waals surface area contributed by atoms with Gasteiger partial charge in [0, 0.05) is 18.6 Å². The summed E-state index contributed by atoms with van der Waals surface area (Å²) in [6.45, 7) is 7.38. The summed E-state index contributed by atoms with van der Waals surface area (Å²) in [7, 11) is 0. The first kappa shape index (κ1) is 10.9. The van der Waals surface area contributed by atoms with Crippen molar-refractivity contribution in [2.24, 2.45) is 5.92 Å². The van der Waals surface area contributed by atoms with E-state index in [4.69, 9.17) is 0 Å². The molecule has 0 aromatic heterocycles. The van der Waals surface area contributed by atoms with Crippen LogP contribution in [0.3, 0.4) is 0 Å². The molecule has 86 valence electrons. The number of rotatable bonds is 4. The van der Waals surface area contributed by atoms with Crippen molar-refractivity contribution in [2.45, 2.75) is 58.2 Å². The van der Waals surface area contributed by atoms with Crippen molar-refractivity contribution in [3.05, 3.63) is 0 Å². The van der Waals surface area contributed by atoms with Gasteiger partial charge in [0.25, 0.3) is 0 Å². The summed E-state index contributed by atoms with van der Waals surface area (Å²) in [5.74, 6) is 1.12. The van der Waals surface area contributed by atoms with Gasteiger partial charge in [0.05, 0.1) is 6.04 Å². The van der Waals surface area contributed by atoms with Crippen LogP contribution in [0, 0.1) is 5.92 Å². The second-order valence-electron chi connectivity index (χ2n) is 5.17. The van der Waals surface area contributed by atoms with Gasteiger partial charge in [-0.1, -0.05) is 27.2 Å². The zero-order valence-electron chi connectivity index (χ0n) is 9.99. The van der Waals surface area contributed by atoms with E-state index in [1.165, 1.54) is 12.8 Å². The fourth-order valence-corrected chi connectivity index (χ4v) is 2.64. The largest absolute Gasteiger partial charge is 0.338 e. The van der Waals surface area contributed by atoms with Gasteiger partial charge in [0.15, 0.2) is 0 Å². The first-order valence-corrected chi connectivity index (χ1v) is 6.20. The standard InChI is InChI=1S/C12H22N2O/c1-4-9-7-11(9)14-6-5-10(12(14)15)13-8(2)3/h8-11,13H,4-7H2,1-3H3. The molecule has 1 N–H and O–H groups in total. The van der Waals surface area contributed by atoms with Crippen LogP contribution in [0.15, 0.2) is 0 Å². The normalized spacial score (nSPS) is 35.3. The fraction of sp³-hybridized carbons (Fsp3) is 0.917. The Morgan fingerprint density at radius 2 is 2.27 bits per heavy atom. The maximum atomic E-state index is 12.0. The lowest BCUT2D eigenvalue weighted by Gasteiger charge is -2.18. The molecule has 0 aromatic carbocycles. The maximum Gasteiger partial charge on any atom is 0.240 e. The van der Waals surface area contributed by atoms with E-state index in [0.29, 0.717) is 18.0 Å². The minimum Gasteiger partial charge on any atom is -0.338 e. The first-order valence-electron chi connectivity index (χ1n) is 6.20. The zero-order chi connectivity index (χ0) is 11.0. The highest BCUT2D eigenvalue weighted by molar-refractivity contribution is 5.84. The predicted octanol–water partition coefficient (Wildman–Crippen LogP) is 1.38. The van der Waals surface area contributed by atoms with E-state index in [1.807, 2.05) is 0 Å². The lowest BCUT2D eigenvalue weighted by molar-refractivity contribution is -0.130. The molecule has 3 unspecified atom stereocenters. The second kappa shape index (κ2) is 4.12. The summed E-state index contributed by atoms with van der Waals surface area (Å²) in [6, 6.07) is 1.06. The molecular weight excluding hydrogens is 188 g/mol. The number of hydrogen-bond acceptors (Lipinski definition) is 2. The van der Waals surface area contributed by atoms with Crippen LogP contribution in [0.25, 0.3) is 0 Å². The molecule has 15 heavy (non-hydrogen) atoms. The van der Waals surface area contributed by atoms with Crippen LogP contribution in [-0.4, -0.2) is 35.5 Å². The Balaban J connectivity index is 1.88. The quantitative estimate of drug-likeness (QED) is 0.760. The number of carbonyl (C=O) groups is 1. The number of hydrogen-bond donors (Lipinski definition) is 1. The SMILES string of the molecule is CCC1CC1N1CCC(NC(C)C)C1=O. The third kappa shape index (κ3) is 2.17. The first-order chi connectivity index (χ1) is 7.13. The summed E-state index contributed by atoms with van der Waals surface area (Å²) in [4.78, 5) is 14.2. The summed E-state index contributed by atoms with van der Waals surface area (Å²) in [5.41, 5.74) is 0. The smallest absolute Gasteiger partial charge is 0.240 e. The summed E-state index contributed by atoms with van der Waals surface area (Å²) in [5, 5.41) is 3.35. The van der Waals surface area contributed by atoms with Crippen LogP contribution in [0.5, 0.6) is 0 Å². The molecule has 1 saturated carbocycles. The molecule has 0 aromatic rings. The summed E-state index contributed by atoms with van der Waals surface area (Å²) in [6.07, 6.45) is 3.44. The van der Waals surface area contributed by atoms with Crippen LogP contribution < -0.4 is 5.32 Å². The summed E-state index contributed by atoms with van der Waals surface area (Å²) >= 11 is 0. The Morgan fingerprint density at radius 3 is 2.80 bits per heavy atom. The van der Waals surface area contributed by atoms with E-state index < -0.39 is 0 Å². The number of amides is 1. The van der Waals surface area contributed by atoms with Crippen molar-refractivity contribution >= 4 is 5.91 Å². The highest BCUT2D eigenvalue weighted by atomic mass is 16.2. The van der Waals surface area contributed by atoms with E-state index in [1.54, 1.807) is 0 Å². The van der Waals surface area contributed by atoms with E-state index in [9.17, 15) is 4.79 Å². The fourth-order valence-electron chi connectivity index (χ4n) is 2.64. The Kier molecular flexibility index (Phi) is 3.01. The molecule has 0 spiro atoms. The van der Waals surface area contributed by atoms with Gasteiger partial charge >= 0.3 is 0 Å². The predicted molar refractivity (Wildman–Crippen MR) is 60.6 cm³/mol. The number of carbonyl (C=O) groups excluding carboxylic acids is 1. The molecule has 1 heterocycles. The molecule has 3 nitrogen and oxygen atoms in total. The molecule has 1 aliphatic carbocycles. The van der Waals surface area contributed by atoms with Crippen molar-refractivity contribution in [2.75, 3.05) is 6.54 Å². The van der Waals surface area contributed by atoms with Crippen LogP contribution in [0.4, 0.5) is 0 Å². The van der Waals surface area contributed by atoms with Crippen molar-refractivity contribution < 1.29 is 4.79 Å². The maximum absolute atomic E-state index is 12.0. The molecule has 2 aliphatic rings. The minimum atomic E-state index is 0.0862. The molecule has 0 bridgehead atoms. The van der Waals surface area contributed by atoms with E-state index in [2.05, 4.69) is 31.0 Å².